The Morgan fingerprint density at radius 3 is 2.35 bits per heavy atom. The molecule has 1 aliphatic carbocycles. The second-order valence-electron chi connectivity index (χ2n) is 5.87. The number of aryl methyl sites for hydroxylation is 1. The van der Waals surface area contributed by atoms with Gasteiger partial charge in [-0.25, -0.2) is 0 Å². The van der Waals surface area contributed by atoms with E-state index in [1.165, 1.54) is 21.0 Å². The molecule has 2 atom stereocenters. The van der Waals surface area contributed by atoms with E-state index >= 15 is 0 Å². The highest BCUT2D eigenvalue weighted by atomic mass is 16.5. The summed E-state index contributed by atoms with van der Waals surface area (Å²) in [6.07, 6.45) is -1.58. The van der Waals surface area contributed by atoms with Crippen LogP contribution in [0.5, 0.6) is 11.5 Å². The number of aliphatic hydroxyl groups is 1. The number of aromatic hydroxyl groups is 1. The molecule has 0 amide bonds. The molecule has 23 heavy (non-hydrogen) atoms. The number of Topliss-reactive ketones (excluding diaryl/α,β-unsaturated/α-hetero) is 2. The summed E-state index contributed by atoms with van der Waals surface area (Å²) in [7, 11) is 1.25. The average Bonchev–Trinajstić information content (AvgIpc) is 2.52. The summed E-state index contributed by atoms with van der Waals surface area (Å²) in [4.78, 5) is 24.8. The first kappa shape index (κ1) is 17.2. The van der Waals surface area contributed by atoms with E-state index in [2.05, 4.69) is 0 Å². The van der Waals surface area contributed by atoms with E-state index in [0.29, 0.717) is 5.56 Å². The van der Waals surface area contributed by atoms with Crippen molar-refractivity contribution >= 4 is 11.6 Å². The number of aliphatic hydroxyl groups excluding tert-OH is 1. The molecule has 0 radical (unpaired) electrons. The minimum Gasteiger partial charge on any atom is -0.508 e. The molecule has 0 spiro atoms. The first-order valence-electron chi connectivity index (χ1n) is 7.14. The van der Waals surface area contributed by atoms with E-state index in [9.17, 15) is 19.8 Å². The van der Waals surface area contributed by atoms with Gasteiger partial charge in [-0.2, -0.15) is 0 Å². The third kappa shape index (κ3) is 2.64. The number of benzene rings is 1. The molecule has 6 nitrogen and oxygen atoms in total. The molecule has 2 N–H and O–H groups in total. The summed E-state index contributed by atoms with van der Waals surface area (Å²) in [6, 6.07) is 3.22. The molecule has 1 aromatic rings. The minimum absolute atomic E-state index is 0.0254. The van der Waals surface area contributed by atoms with Gasteiger partial charge < -0.3 is 19.7 Å². The maximum absolute atomic E-state index is 12.6. The van der Waals surface area contributed by atoms with E-state index < -0.39 is 23.3 Å². The molecule has 0 saturated heterocycles. The zero-order valence-corrected chi connectivity index (χ0v) is 13.8. The van der Waals surface area contributed by atoms with Crippen LogP contribution >= 0.6 is 0 Å². The van der Waals surface area contributed by atoms with Crippen LogP contribution in [0.25, 0.3) is 0 Å². The van der Waals surface area contributed by atoms with Crippen LogP contribution in [0.2, 0.25) is 0 Å². The summed E-state index contributed by atoms with van der Waals surface area (Å²) in [5, 5.41) is 19.9. The van der Waals surface area contributed by atoms with Crippen LogP contribution in [0.3, 0.4) is 0 Å². The summed E-state index contributed by atoms with van der Waals surface area (Å²) < 4.78 is 10.7. The molecular weight excluding hydrogens is 300 g/mol. The van der Waals surface area contributed by atoms with Gasteiger partial charge in [0.05, 0.1) is 0 Å². The van der Waals surface area contributed by atoms with Crippen LogP contribution in [-0.4, -0.2) is 40.6 Å². The second-order valence-corrected chi connectivity index (χ2v) is 5.87. The van der Waals surface area contributed by atoms with Crippen molar-refractivity contribution in [2.45, 2.75) is 39.4 Å². The van der Waals surface area contributed by atoms with Crippen molar-refractivity contribution in [3.05, 3.63) is 34.6 Å². The number of ketones is 2. The van der Waals surface area contributed by atoms with Crippen LogP contribution in [0.4, 0.5) is 0 Å². The highest BCUT2D eigenvalue weighted by molar-refractivity contribution is 6.16. The van der Waals surface area contributed by atoms with Crippen molar-refractivity contribution in [2.75, 3.05) is 7.11 Å². The van der Waals surface area contributed by atoms with Crippen LogP contribution in [0.1, 0.15) is 25.0 Å². The fraction of sp³-hybridized carbons (Fsp3) is 0.412. The van der Waals surface area contributed by atoms with Crippen molar-refractivity contribution in [2.24, 2.45) is 0 Å². The van der Waals surface area contributed by atoms with E-state index in [1.807, 2.05) is 0 Å². The molecule has 1 aliphatic rings. The number of methoxy groups -OCH3 is 1. The number of phenols is 1. The Balaban J connectivity index is 2.54. The van der Waals surface area contributed by atoms with E-state index in [4.69, 9.17) is 9.47 Å². The monoisotopic (exact) mass is 320 g/mol. The van der Waals surface area contributed by atoms with Gasteiger partial charge >= 0.3 is 0 Å². The molecule has 1 aromatic carbocycles. The maximum Gasteiger partial charge on any atom is 0.232 e. The normalized spacial score (nSPS) is 25.0. The Kier molecular flexibility index (Phi) is 4.32. The predicted molar refractivity (Wildman–Crippen MR) is 82.3 cm³/mol. The number of ether oxygens (including phenoxy) is 2. The molecule has 124 valence electrons. The van der Waals surface area contributed by atoms with Crippen molar-refractivity contribution in [3.8, 4) is 11.5 Å². The number of rotatable bonds is 3. The van der Waals surface area contributed by atoms with Gasteiger partial charge in [-0.3, -0.25) is 9.59 Å². The number of hydrogen-bond acceptors (Lipinski definition) is 6. The predicted octanol–water partition coefficient (Wildman–Crippen LogP) is 1.58. The van der Waals surface area contributed by atoms with Gasteiger partial charge in [0.25, 0.3) is 0 Å². The summed E-state index contributed by atoms with van der Waals surface area (Å²) in [5.74, 6) is -1.13. The van der Waals surface area contributed by atoms with Crippen LogP contribution < -0.4 is 4.74 Å². The maximum atomic E-state index is 12.6. The molecule has 0 aliphatic heterocycles. The van der Waals surface area contributed by atoms with Gasteiger partial charge in [0, 0.05) is 18.2 Å². The number of phenolic OH excluding ortho intramolecular Hbond substituents is 1. The molecule has 6 heteroatoms. The minimum atomic E-state index is -1.70. The first-order valence-corrected chi connectivity index (χ1v) is 7.14. The van der Waals surface area contributed by atoms with E-state index in [1.54, 1.807) is 26.0 Å². The van der Waals surface area contributed by atoms with Crippen molar-refractivity contribution in [3.63, 3.8) is 0 Å². The van der Waals surface area contributed by atoms with Gasteiger partial charge in [0.2, 0.25) is 5.78 Å². The van der Waals surface area contributed by atoms with Crippen LogP contribution in [0, 0.1) is 13.8 Å². The molecule has 0 bridgehead atoms. The third-order valence-electron chi connectivity index (χ3n) is 4.25. The smallest absolute Gasteiger partial charge is 0.232 e. The Labute approximate surface area is 134 Å². The van der Waals surface area contributed by atoms with Gasteiger partial charge in [-0.05, 0) is 45.4 Å². The average molecular weight is 320 g/mol. The van der Waals surface area contributed by atoms with Gasteiger partial charge in [0.15, 0.2) is 23.2 Å². The lowest BCUT2D eigenvalue weighted by Gasteiger charge is -2.35. The Morgan fingerprint density at radius 2 is 1.78 bits per heavy atom. The molecule has 2 unspecified atom stereocenters. The van der Waals surface area contributed by atoms with Gasteiger partial charge in [-0.15, -0.1) is 0 Å². The van der Waals surface area contributed by atoms with E-state index in [-0.39, 0.29) is 22.8 Å². The fourth-order valence-electron chi connectivity index (χ4n) is 2.44. The highest BCUT2D eigenvalue weighted by Crippen LogP contribution is 2.35. The molecule has 0 heterocycles. The first-order chi connectivity index (χ1) is 10.6. The van der Waals surface area contributed by atoms with Gasteiger partial charge in [0.1, 0.15) is 11.5 Å². The largest absolute Gasteiger partial charge is 0.508 e. The van der Waals surface area contributed by atoms with Crippen LogP contribution in [0.15, 0.2) is 23.5 Å². The van der Waals surface area contributed by atoms with Crippen molar-refractivity contribution in [1.82, 2.24) is 0 Å². The number of hydrogen-bond donors (Lipinski definition) is 2. The zero-order valence-electron chi connectivity index (χ0n) is 13.8. The lowest BCUT2D eigenvalue weighted by atomic mass is 9.81. The topological polar surface area (TPSA) is 93.1 Å². The number of carbonyl (C=O) groups is 2. The molecule has 0 saturated carbocycles. The van der Waals surface area contributed by atoms with Crippen molar-refractivity contribution < 1.29 is 29.3 Å². The SMILES string of the molecule is COC1(C)C(=O)C(Oc2cc(C)cc(O)c2C)=C(C)C(=O)C1O. The quantitative estimate of drug-likeness (QED) is 0.878. The lowest BCUT2D eigenvalue weighted by molar-refractivity contribution is -0.161. The molecule has 0 aromatic heterocycles. The van der Waals surface area contributed by atoms with Gasteiger partial charge in [-0.1, -0.05) is 0 Å². The Hall–Kier alpha value is -2.18. The lowest BCUT2D eigenvalue weighted by Crippen LogP contribution is -2.57. The second kappa shape index (κ2) is 5.79. The standard InChI is InChI=1S/C17H20O6/c1-8-6-11(18)9(2)12(7-8)23-14-10(3)13(19)15(20)17(4,22-5)16(14)21/h6-7,15,18,20H,1-5H3. The Morgan fingerprint density at radius 1 is 1.17 bits per heavy atom. The van der Waals surface area contributed by atoms with E-state index in [0.717, 1.165) is 5.56 Å². The number of carbonyl (C=O) groups excluding carboxylic acids is 2. The molecule has 2 rings (SSSR count). The summed E-state index contributed by atoms with van der Waals surface area (Å²) in [6.45, 7) is 6.16. The van der Waals surface area contributed by atoms with Crippen molar-refractivity contribution in [1.29, 1.82) is 0 Å². The fourth-order valence-corrected chi connectivity index (χ4v) is 2.44. The summed E-state index contributed by atoms with van der Waals surface area (Å²) in [5.41, 5.74) is -0.490. The summed E-state index contributed by atoms with van der Waals surface area (Å²) >= 11 is 0. The van der Waals surface area contributed by atoms with Crippen LogP contribution in [-0.2, 0) is 14.3 Å². The molecular formula is C17H20O6. The third-order valence-corrected chi connectivity index (χ3v) is 4.25. The zero-order chi connectivity index (χ0) is 17.5. The Bertz CT molecular complexity index is 718. The highest BCUT2D eigenvalue weighted by Gasteiger charge is 2.52. The molecule has 0 fully saturated rings.